The van der Waals surface area contributed by atoms with E-state index in [4.69, 9.17) is 15.9 Å². The van der Waals surface area contributed by atoms with E-state index in [0.29, 0.717) is 62.6 Å². The van der Waals surface area contributed by atoms with Gasteiger partial charge in [0.05, 0.1) is 19.8 Å². The molecule has 43 heavy (non-hydrogen) atoms. The van der Waals surface area contributed by atoms with Gasteiger partial charge in [-0.2, -0.15) is 0 Å². The number of aryl methyl sites for hydroxylation is 1. The number of Topliss-reactive ketones (excluding diaryl/α,β-unsaturated/α-hetero) is 2. The Hall–Kier alpha value is -3.87. The van der Waals surface area contributed by atoms with Crippen LogP contribution >= 0.6 is 0 Å². The summed E-state index contributed by atoms with van der Waals surface area (Å²) in [6, 6.07) is 5.94. The van der Waals surface area contributed by atoms with Gasteiger partial charge in [0.25, 0.3) is 0 Å². The van der Waals surface area contributed by atoms with Crippen molar-refractivity contribution in [1.82, 2.24) is 0 Å². The van der Waals surface area contributed by atoms with Crippen LogP contribution in [-0.2, 0) is 30.3 Å². The molecule has 1 radical (unpaired) electrons. The first-order valence-corrected chi connectivity index (χ1v) is 15.1. The maximum atomic E-state index is 11.6. The Labute approximate surface area is 258 Å². The van der Waals surface area contributed by atoms with Gasteiger partial charge in [0.2, 0.25) is 11.6 Å². The van der Waals surface area contributed by atoms with Crippen LogP contribution in [0.25, 0.3) is 6.08 Å². The maximum Gasteiger partial charge on any atom is 0.305 e. The van der Waals surface area contributed by atoms with Gasteiger partial charge in [-0.3, -0.25) is 14.4 Å². The number of carbonyl (C=O) groups excluding carboxylic acids is 3. The number of rotatable bonds is 14. The molecule has 0 bridgehead atoms. The lowest BCUT2D eigenvalue weighted by atomic mass is 10.0. The van der Waals surface area contributed by atoms with Crippen molar-refractivity contribution in [1.29, 1.82) is 0 Å². The average molecular weight is 588 g/mol. The van der Waals surface area contributed by atoms with Gasteiger partial charge in [-0.25, -0.2) is 0 Å². The van der Waals surface area contributed by atoms with Crippen LogP contribution in [0.4, 0.5) is 0 Å². The molecule has 1 saturated carbocycles. The van der Waals surface area contributed by atoms with Crippen molar-refractivity contribution in [3.63, 3.8) is 0 Å². The molecule has 3 rings (SSSR count). The quantitative estimate of drug-likeness (QED) is 0.103. The molecule has 231 valence electrons. The smallest absolute Gasteiger partial charge is 0.305 e. The molecule has 0 aromatic heterocycles. The van der Waals surface area contributed by atoms with E-state index in [-0.39, 0.29) is 24.1 Å². The Kier molecular flexibility index (Phi) is 18.8. The van der Waals surface area contributed by atoms with Crippen molar-refractivity contribution in [2.24, 2.45) is 17.8 Å². The summed E-state index contributed by atoms with van der Waals surface area (Å²) in [5, 5.41) is 0. The first-order chi connectivity index (χ1) is 20.8. The summed E-state index contributed by atoms with van der Waals surface area (Å²) in [6.45, 7) is 16.1. The number of fused-ring (bicyclic) bond motifs is 1. The highest BCUT2D eigenvalue weighted by molar-refractivity contribution is 5.96. The number of benzene rings is 1. The van der Waals surface area contributed by atoms with E-state index in [1.165, 1.54) is 5.57 Å². The van der Waals surface area contributed by atoms with Gasteiger partial charge in [0.1, 0.15) is 5.75 Å². The first-order valence-electron chi connectivity index (χ1n) is 15.1. The minimum absolute atomic E-state index is 0.0657. The van der Waals surface area contributed by atoms with Gasteiger partial charge < -0.3 is 14.2 Å². The molecular weight excluding hydrogens is 540 g/mol. The predicted octanol–water partition coefficient (Wildman–Crippen LogP) is 6.78. The topological polar surface area (TPSA) is 78.9 Å². The van der Waals surface area contributed by atoms with Gasteiger partial charge in [0, 0.05) is 19.3 Å². The first kappa shape index (κ1) is 37.2. The zero-order valence-electron chi connectivity index (χ0n) is 26.3. The minimum Gasteiger partial charge on any atom is -0.485 e. The molecule has 2 aliphatic carbocycles. The summed E-state index contributed by atoms with van der Waals surface area (Å²) in [7, 11) is 0. The summed E-state index contributed by atoms with van der Waals surface area (Å²) in [5.74, 6) is 9.29. The number of carbonyl (C=O) groups is 3. The Balaban J connectivity index is 0.000000799. The van der Waals surface area contributed by atoms with E-state index in [1.807, 2.05) is 26.0 Å². The van der Waals surface area contributed by atoms with Gasteiger partial charge >= 0.3 is 5.97 Å². The van der Waals surface area contributed by atoms with Crippen molar-refractivity contribution >= 4 is 23.6 Å². The number of allylic oxidation sites excluding steroid dienone is 2. The Morgan fingerprint density at radius 1 is 1.07 bits per heavy atom. The Bertz CT molecular complexity index is 1220. The second kappa shape index (κ2) is 21.8. The molecule has 2 aliphatic rings. The largest absolute Gasteiger partial charge is 0.485 e. The normalized spacial score (nSPS) is 17.0. The molecule has 0 saturated heterocycles. The molecule has 1 aromatic rings. The van der Waals surface area contributed by atoms with Crippen LogP contribution in [0.2, 0.25) is 0 Å². The molecule has 1 aromatic carbocycles. The lowest BCUT2D eigenvalue weighted by molar-refractivity contribution is -0.142. The summed E-state index contributed by atoms with van der Waals surface area (Å²) in [5.41, 5.74) is 3.29. The van der Waals surface area contributed by atoms with Gasteiger partial charge in [-0.15, -0.1) is 6.42 Å². The van der Waals surface area contributed by atoms with Crippen molar-refractivity contribution in [2.45, 2.75) is 66.2 Å². The summed E-state index contributed by atoms with van der Waals surface area (Å²) < 4.78 is 15.8. The van der Waals surface area contributed by atoms with Crippen molar-refractivity contribution in [3.8, 4) is 29.9 Å². The molecule has 0 N–H and O–H groups in total. The SMILES string of the molecule is C#CC(=O)COc1cc(C=C)cc(CCC2C3C=CC(COCCC(=O)C#CCC)=CC32)c1.CCOC(=O)CC.[CH2]CC. The lowest BCUT2D eigenvalue weighted by Gasteiger charge is -2.09. The standard InChI is InChI=1S/C29H30O4.C5H10O2.C3H7/c1-4-7-8-25(31)13-14-32-19-23-10-12-28-27(29(28)18-23)11-9-22-15-21(5-2)16-26(17-22)33-20-24(30)6-3;1-3-5(6)7-4-2;1-3-2/h3,5,10,12,15-18,27-29H,2,4,9,11,13-14,19-20H2,1H3;3-4H2,1-2H3;1,3H2,2H3. The average Bonchev–Trinajstić information content (AvgIpc) is 3.72. The molecule has 6 nitrogen and oxygen atoms in total. The summed E-state index contributed by atoms with van der Waals surface area (Å²) in [4.78, 5) is 33.1. The fourth-order valence-corrected chi connectivity index (χ4v) is 4.38. The van der Waals surface area contributed by atoms with Crippen LogP contribution in [-0.4, -0.2) is 44.0 Å². The van der Waals surface area contributed by atoms with Gasteiger partial charge in [0.15, 0.2) is 6.61 Å². The molecule has 0 heterocycles. The second-order valence-electron chi connectivity index (χ2n) is 9.97. The predicted molar refractivity (Wildman–Crippen MR) is 173 cm³/mol. The number of hydrogen-bond donors (Lipinski definition) is 0. The van der Waals surface area contributed by atoms with Crippen LogP contribution in [0.3, 0.4) is 0 Å². The highest BCUT2D eigenvalue weighted by Gasteiger charge is 2.47. The van der Waals surface area contributed by atoms with Crippen LogP contribution < -0.4 is 4.74 Å². The maximum absolute atomic E-state index is 11.6. The highest BCUT2D eigenvalue weighted by Crippen LogP contribution is 2.53. The van der Waals surface area contributed by atoms with E-state index in [9.17, 15) is 14.4 Å². The van der Waals surface area contributed by atoms with Crippen molar-refractivity contribution in [2.75, 3.05) is 26.4 Å². The lowest BCUT2D eigenvalue weighted by Crippen LogP contribution is -2.08. The second-order valence-corrected chi connectivity index (χ2v) is 9.97. The molecule has 1 fully saturated rings. The molecular formula is C37H47O6. The van der Waals surface area contributed by atoms with E-state index >= 15 is 0 Å². The summed E-state index contributed by atoms with van der Waals surface area (Å²) in [6.07, 6.45) is 18.1. The minimum atomic E-state index is -0.377. The van der Waals surface area contributed by atoms with Crippen LogP contribution in [0.1, 0.15) is 70.9 Å². The number of esters is 1. The van der Waals surface area contributed by atoms with Crippen molar-refractivity contribution < 1.29 is 28.6 Å². The van der Waals surface area contributed by atoms with Crippen LogP contribution in [0.15, 0.2) is 48.6 Å². The summed E-state index contributed by atoms with van der Waals surface area (Å²) >= 11 is 0. The number of terminal acetylenes is 1. The number of ether oxygens (including phenoxy) is 3. The van der Waals surface area contributed by atoms with E-state index < -0.39 is 0 Å². The molecule has 3 unspecified atom stereocenters. The zero-order valence-corrected chi connectivity index (χ0v) is 26.3. The molecule has 3 atom stereocenters. The third-order valence-corrected chi connectivity index (χ3v) is 6.49. The Morgan fingerprint density at radius 2 is 1.81 bits per heavy atom. The fraction of sp³-hybridized carbons (Fsp3) is 0.459. The number of hydrogen-bond acceptors (Lipinski definition) is 6. The Morgan fingerprint density at radius 3 is 2.42 bits per heavy atom. The fourth-order valence-electron chi connectivity index (χ4n) is 4.38. The van der Waals surface area contributed by atoms with E-state index in [1.54, 1.807) is 19.9 Å². The molecule has 0 amide bonds. The number of ketones is 2. The zero-order chi connectivity index (χ0) is 32.0. The van der Waals surface area contributed by atoms with Crippen molar-refractivity contribution in [3.05, 3.63) is 66.6 Å². The monoisotopic (exact) mass is 587 g/mol. The van der Waals surface area contributed by atoms with E-state index in [2.05, 4.69) is 60.3 Å². The molecule has 6 heteroatoms. The molecule has 0 spiro atoms. The molecule has 0 aliphatic heterocycles. The van der Waals surface area contributed by atoms with Gasteiger partial charge in [-0.05, 0) is 78.2 Å². The van der Waals surface area contributed by atoms with Crippen LogP contribution in [0, 0.1) is 48.9 Å². The third-order valence-electron chi connectivity index (χ3n) is 6.49. The third kappa shape index (κ3) is 15.3. The highest BCUT2D eigenvalue weighted by atomic mass is 16.5. The van der Waals surface area contributed by atoms with E-state index in [0.717, 1.165) is 30.4 Å². The van der Waals surface area contributed by atoms with Crippen LogP contribution in [0.5, 0.6) is 5.75 Å². The van der Waals surface area contributed by atoms with Gasteiger partial charge in [-0.1, -0.05) is 77.0 Å².